The van der Waals surface area contributed by atoms with E-state index in [0.717, 1.165) is 43.1 Å². The number of para-hydroxylation sites is 1. The van der Waals surface area contributed by atoms with Crippen LogP contribution in [-0.2, 0) is 13.6 Å². The molecule has 8 heteroatoms. The first kappa shape index (κ1) is 18.7. The lowest BCUT2D eigenvalue weighted by Gasteiger charge is -2.35. The van der Waals surface area contributed by atoms with Crippen molar-refractivity contribution in [2.24, 2.45) is 7.05 Å². The third-order valence-corrected chi connectivity index (χ3v) is 5.87. The predicted octanol–water partition coefficient (Wildman–Crippen LogP) is 2.35. The second-order valence-corrected chi connectivity index (χ2v) is 7.85. The quantitative estimate of drug-likeness (QED) is 0.523. The molecule has 1 aliphatic rings. The molecule has 4 aromatic rings. The number of hydrogen-bond donors (Lipinski definition) is 0. The van der Waals surface area contributed by atoms with Gasteiger partial charge < -0.3 is 4.90 Å². The van der Waals surface area contributed by atoms with Crippen LogP contribution in [0.2, 0.25) is 0 Å². The summed E-state index contributed by atoms with van der Waals surface area (Å²) >= 11 is 0. The van der Waals surface area contributed by atoms with Crippen LogP contribution in [0.3, 0.4) is 0 Å². The summed E-state index contributed by atoms with van der Waals surface area (Å²) in [6.07, 6.45) is 0. The summed E-state index contributed by atoms with van der Waals surface area (Å²) in [5, 5.41) is 9.34. The van der Waals surface area contributed by atoms with Crippen LogP contribution < -0.4 is 10.5 Å². The van der Waals surface area contributed by atoms with Crippen LogP contribution in [0.15, 0.2) is 47.3 Å². The molecule has 1 aliphatic heterocycles. The van der Waals surface area contributed by atoms with Gasteiger partial charge in [-0.2, -0.15) is 0 Å². The summed E-state index contributed by atoms with van der Waals surface area (Å²) in [5.41, 5.74) is 2.45. The maximum Gasteiger partial charge on any atom is 0.262 e. The molecule has 2 aromatic heterocycles. The zero-order chi connectivity index (χ0) is 20.8. The van der Waals surface area contributed by atoms with E-state index in [2.05, 4.69) is 20.0 Å². The topological polar surface area (TPSA) is 58.7 Å². The molecule has 0 bridgehead atoms. The molecule has 2 aromatic carbocycles. The zero-order valence-electron chi connectivity index (χ0n) is 17.0. The van der Waals surface area contributed by atoms with Crippen molar-refractivity contribution in [1.29, 1.82) is 0 Å². The van der Waals surface area contributed by atoms with Crippen LogP contribution in [0.4, 0.5) is 10.1 Å². The van der Waals surface area contributed by atoms with Gasteiger partial charge in [0.25, 0.3) is 5.56 Å². The van der Waals surface area contributed by atoms with E-state index in [-0.39, 0.29) is 11.4 Å². The normalized spacial score (nSPS) is 15.4. The Hall–Kier alpha value is -3.26. The smallest absolute Gasteiger partial charge is 0.262 e. The minimum atomic E-state index is -0.183. The molecule has 7 nitrogen and oxygen atoms in total. The van der Waals surface area contributed by atoms with Gasteiger partial charge in [0.15, 0.2) is 5.82 Å². The molecule has 0 spiro atoms. The number of rotatable bonds is 3. The van der Waals surface area contributed by atoms with E-state index >= 15 is 0 Å². The summed E-state index contributed by atoms with van der Waals surface area (Å²) in [5.74, 6) is 1.15. The highest BCUT2D eigenvalue weighted by molar-refractivity contribution is 5.81. The van der Waals surface area contributed by atoms with Crippen LogP contribution in [0, 0.1) is 12.7 Å². The summed E-state index contributed by atoms with van der Waals surface area (Å²) in [7, 11) is 1.73. The van der Waals surface area contributed by atoms with Gasteiger partial charge in [-0.1, -0.05) is 23.8 Å². The van der Waals surface area contributed by atoms with Gasteiger partial charge in [-0.05, 0) is 31.2 Å². The van der Waals surface area contributed by atoms with Crippen LogP contribution in [-0.4, -0.2) is 50.2 Å². The molecule has 0 atom stereocenters. The first-order chi connectivity index (χ1) is 14.5. The van der Waals surface area contributed by atoms with Crippen LogP contribution in [0.25, 0.3) is 16.7 Å². The molecule has 3 heterocycles. The number of fused-ring (bicyclic) bond motifs is 3. The minimum absolute atomic E-state index is 0.0707. The van der Waals surface area contributed by atoms with E-state index in [1.54, 1.807) is 17.7 Å². The lowest BCUT2D eigenvalue weighted by atomic mass is 10.1. The highest BCUT2D eigenvalue weighted by Crippen LogP contribution is 2.21. The van der Waals surface area contributed by atoms with Crippen molar-refractivity contribution in [2.75, 3.05) is 31.1 Å². The Morgan fingerprint density at radius 3 is 2.57 bits per heavy atom. The molecule has 1 fully saturated rings. The van der Waals surface area contributed by atoms with Crippen molar-refractivity contribution in [3.8, 4) is 0 Å². The van der Waals surface area contributed by atoms with Gasteiger partial charge in [0, 0.05) is 33.2 Å². The van der Waals surface area contributed by atoms with Crippen molar-refractivity contribution in [3.63, 3.8) is 0 Å². The average molecular weight is 406 g/mol. The Morgan fingerprint density at radius 1 is 1.03 bits per heavy atom. The van der Waals surface area contributed by atoms with Gasteiger partial charge in [-0.3, -0.25) is 18.7 Å². The van der Waals surface area contributed by atoms with Gasteiger partial charge in [-0.15, -0.1) is 10.2 Å². The van der Waals surface area contributed by atoms with Crippen LogP contribution in [0.1, 0.15) is 11.4 Å². The molecule has 5 rings (SSSR count). The minimum Gasteiger partial charge on any atom is -0.367 e. The molecule has 0 aliphatic carbocycles. The van der Waals surface area contributed by atoms with Gasteiger partial charge in [-0.25, -0.2) is 4.39 Å². The Morgan fingerprint density at radius 2 is 1.80 bits per heavy atom. The average Bonchev–Trinajstić information content (AvgIpc) is 3.17. The number of halogens is 1. The number of benzene rings is 2. The lowest BCUT2D eigenvalue weighted by molar-refractivity contribution is 0.243. The molecular formula is C22H23FN6O. The molecule has 0 unspecified atom stereocenters. The van der Waals surface area contributed by atoms with Gasteiger partial charge in [0.1, 0.15) is 5.82 Å². The number of anilines is 1. The molecule has 0 radical (unpaired) electrons. The van der Waals surface area contributed by atoms with Gasteiger partial charge >= 0.3 is 0 Å². The first-order valence-corrected chi connectivity index (χ1v) is 10.1. The Balaban J connectivity index is 1.44. The SMILES string of the molecule is Cc1ccc2c(c1)c(=O)n(C)c1nnc(CN3CCN(c4ccccc4F)CC3)n21. The summed E-state index contributed by atoms with van der Waals surface area (Å²) in [4.78, 5) is 17.1. The van der Waals surface area contributed by atoms with Crippen LogP contribution >= 0.6 is 0 Å². The second-order valence-electron chi connectivity index (χ2n) is 7.85. The molecule has 0 saturated carbocycles. The van der Waals surface area contributed by atoms with Crippen molar-refractivity contribution >= 4 is 22.4 Å². The van der Waals surface area contributed by atoms with Gasteiger partial charge in [0.05, 0.1) is 23.1 Å². The number of nitrogens with zero attached hydrogens (tertiary/aromatic N) is 6. The first-order valence-electron chi connectivity index (χ1n) is 10.1. The third-order valence-electron chi connectivity index (χ3n) is 5.87. The van der Waals surface area contributed by atoms with Gasteiger partial charge in [0.2, 0.25) is 5.78 Å². The van der Waals surface area contributed by atoms with E-state index < -0.39 is 0 Å². The highest BCUT2D eigenvalue weighted by atomic mass is 19.1. The fourth-order valence-corrected chi connectivity index (χ4v) is 4.22. The van der Waals surface area contributed by atoms with Crippen molar-refractivity contribution in [1.82, 2.24) is 24.1 Å². The van der Waals surface area contributed by atoms with Crippen molar-refractivity contribution in [2.45, 2.75) is 13.5 Å². The summed E-state index contributed by atoms with van der Waals surface area (Å²) in [6, 6.07) is 12.8. The molecule has 0 N–H and O–H groups in total. The molecule has 0 amide bonds. The Bertz CT molecular complexity index is 1300. The Kier molecular flexibility index (Phi) is 4.51. The second kappa shape index (κ2) is 7.21. The van der Waals surface area contributed by atoms with Crippen molar-refractivity contribution in [3.05, 3.63) is 70.0 Å². The zero-order valence-corrected chi connectivity index (χ0v) is 17.0. The Labute approximate surface area is 173 Å². The number of piperazine rings is 1. The molecule has 30 heavy (non-hydrogen) atoms. The number of aromatic nitrogens is 4. The van der Waals surface area contributed by atoms with E-state index in [4.69, 9.17) is 0 Å². The molecule has 1 saturated heterocycles. The van der Waals surface area contributed by atoms with E-state index in [1.165, 1.54) is 6.07 Å². The number of hydrogen-bond acceptors (Lipinski definition) is 5. The predicted molar refractivity (Wildman–Crippen MR) is 114 cm³/mol. The molecule has 154 valence electrons. The monoisotopic (exact) mass is 406 g/mol. The fraction of sp³-hybridized carbons (Fsp3) is 0.318. The third kappa shape index (κ3) is 3.04. The van der Waals surface area contributed by atoms with Crippen molar-refractivity contribution < 1.29 is 4.39 Å². The van der Waals surface area contributed by atoms with E-state index in [9.17, 15) is 9.18 Å². The summed E-state index contributed by atoms with van der Waals surface area (Å²) < 4.78 is 17.6. The fourth-order valence-electron chi connectivity index (χ4n) is 4.22. The van der Waals surface area contributed by atoms with E-state index in [0.29, 0.717) is 23.4 Å². The standard InChI is InChI=1S/C22H23FN6O/c1-15-7-8-18-16(13-15)21(30)26(2)22-25-24-20(29(18)22)14-27-9-11-28(12-10-27)19-6-4-3-5-17(19)23/h3-8,13H,9-12,14H2,1-2H3. The van der Waals surface area contributed by atoms with E-state index in [1.807, 2.05) is 41.7 Å². The lowest BCUT2D eigenvalue weighted by Crippen LogP contribution is -2.46. The maximum atomic E-state index is 14.1. The maximum absolute atomic E-state index is 14.1. The largest absolute Gasteiger partial charge is 0.367 e. The van der Waals surface area contributed by atoms with Crippen LogP contribution in [0.5, 0.6) is 0 Å². The highest BCUT2D eigenvalue weighted by Gasteiger charge is 2.22. The molecular weight excluding hydrogens is 383 g/mol. The number of aryl methyl sites for hydroxylation is 2. The summed E-state index contributed by atoms with van der Waals surface area (Å²) in [6.45, 7) is 5.68.